The van der Waals surface area contributed by atoms with E-state index in [1.807, 2.05) is 0 Å². The van der Waals surface area contributed by atoms with Crippen LogP contribution in [0.25, 0.3) is 10.9 Å². The highest BCUT2D eigenvalue weighted by Crippen LogP contribution is 2.53. The van der Waals surface area contributed by atoms with Gasteiger partial charge in [0, 0.05) is 23.9 Å². The van der Waals surface area contributed by atoms with E-state index in [9.17, 15) is 8.42 Å². The Labute approximate surface area is 142 Å². The maximum absolute atomic E-state index is 11.2. The number of sulfonamides is 1. The van der Waals surface area contributed by atoms with E-state index >= 15 is 0 Å². The molecule has 0 atom stereocenters. The van der Waals surface area contributed by atoms with Crippen LogP contribution in [0.4, 0.5) is 5.82 Å². The fraction of sp³-hybridized carbons (Fsp3) is 0.529. The van der Waals surface area contributed by atoms with Crippen LogP contribution < -0.4 is 10.0 Å². The number of hydrogen-bond acceptors (Lipinski definition) is 5. The molecule has 1 aromatic carbocycles. The Balaban J connectivity index is 1.50. The molecule has 4 rings (SSSR count). The van der Waals surface area contributed by atoms with Gasteiger partial charge in [-0.25, -0.2) is 23.5 Å². The summed E-state index contributed by atoms with van der Waals surface area (Å²) >= 11 is 0. The Hall–Kier alpha value is -1.73. The molecule has 2 fully saturated rings. The highest BCUT2D eigenvalue weighted by molar-refractivity contribution is 7.89. The second kappa shape index (κ2) is 5.13. The molecule has 1 spiro atoms. The average molecular weight is 346 g/mol. The molecule has 0 radical (unpaired) electrons. The predicted octanol–water partition coefficient (Wildman–Crippen LogP) is 1.75. The van der Waals surface area contributed by atoms with Crippen molar-refractivity contribution in [1.29, 1.82) is 0 Å². The molecule has 1 aliphatic heterocycles. The van der Waals surface area contributed by atoms with E-state index in [1.165, 1.54) is 11.1 Å². The van der Waals surface area contributed by atoms with Crippen LogP contribution in [0.3, 0.4) is 0 Å². The molecule has 0 amide bonds. The van der Waals surface area contributed by atoms with E-state index in [0.29, 0.717) is 0 Å². The van der Waals surface area contributed by atoms with Gasteiger partial charge in [0.05, 0.1) is 11.3 Å². The molecule has 128 valence electrons. The zero-order valence-corrected chi connectivity index (χ0v) is 14.8. The topological polar surface area (TPSA) is 89.2 Å². The zero-order valence-electron chi connectivity index (χ0n) is 14.0. The number of aryl methyl sites for hydroxylation is 2. The van der Waals surface area contributed by atoms with Crippen molar-refractivity contribution in [2.45, 2.75) is 26.7 Å². The van der Waals surface area contributed by atoms with Crippen molar-refractivity contribution in [3.8, 4) is 0 Å². The highest BCUT2D eigenvalue weighted by Gasteiger charge is 2.53. The van der Waals surface area contributed by atoms with Gasteiger partial charge in [0.15, 0.2) is 0 Å². The summed E-state index contributed by atoms with van der Waals surface area (Å²) in [6, 6.07) is 4.27. The molecule has 6 nitrogen and oxygen atoms in total. The van der Waals surface area contributed by atoms with Gasteiger partial charge >= 0.3 is 0 Å². The Bertz CT molecular complexity index is 912. The van der Waals surface area contributed by atoms with Crippen LogP contribution in [-0.2, 0) is 10.0 Å². The smallest absolute Gasteiger partial charge is 0.209 e. The average Bonchev–Trinajstić information content (AvgIpc) is 2.40. The number of fused-ring (bicyclic) bond motifs is 1. The Morgan fingerprint density at radius 3 is 2.54 bits per heavy atom. The number of hydrogen-bond donors (Lipinski definition) is 1. The highest BCUT2D eigenvalue weighted by atomic mass is 32.2. The van der Waals surface area contributed by atoms with Gasteiger partial charge in [-0.05, 0) is 55.9 Å². The molecule has 2 aromatic rings. The van der Waals surface area contributed by atoms with Crippen molar-refractivity contribution in [2.24, 2.45) is 16.5 Å². The zero-order chi connectivity index (χ0) is 17.1. The molecule has 0 unspecified atom stereocenters. The van der Waals surface area contributed by atoms with E-state index in [4.69, 9.17) is 5.14 Å². The molecule has 1 aromatic heterocycles. The van der Waals surface area contributed by atoms with Gasteiger partial charge in [0.2, 0.25) is 10.0 Å². The Kier molecular flexibility index (Phi) is 3.37. The summed E-state index contributed by atoms with van der Waals surface area (Å²) in [5.74, 6) is 1.32. The summed E-state index contributed by atoms with van der Waals surface area (Å²) in [5.41, 5.74) is 3.71. The van der Waals surface area contributed by atoms with E-state index < -0.39 is 10.0 Å². The second-order valence-corrected chi connectivity index (χ2v) is 9.27. The van der Waals surface area contributed by atoms with Crippen LogP contribution >= 0.6 is 0 Å². The molecule has 1 aliphatic carbocycles. The number of nitrogens with two attached hydrogens (primary N) is 1. The first-order chi connectivity index (χ1) is 11.2. The summed E-state index contributed by atoms with van der Waals surface area (Å²) in [5, 5.41) is 6.24. The second-order valence-electron chi connectivity index (χ2n) is 7.61. The normalized spacial score (nSPS) is 20.2. The van der Waals surface area contributed by atoms with Crippen molar-refractivity contribution in [1.82, 2.24) is 9.97 Å². The van der Waals surface area contributed by atoms with Crippen molar-refractivity contribution < 1.29 is 8.42 Å². The van der Waals surface area contributed by atoms with Gasteiger partial charge in [0.1, 0.15) is 12.1 Å². The van der Waals surface area contributed by atoms with Gasteiger partial charge in [0.25, 0.3) is 0 Å². The summed E-state index contributed by atoms with van der Waals surface area (Å²) < 4.78 is 22.4. The molecular weight excluding hydrogens is 324 g/mol. The molecule has 7 heteroatoms. The van der Waals surface area contributed by atoms with E-state index in [0.717, 1.165) is 42.7 Å². The van der Waals surface area contributed by atoms with Crippen molar-refractivity contribution in [3.05, 3.63) is 29.6 Å². The molecule has 2 heterocycles. The minimum atomic E-state index is -3.36. The third-order valence-electron chi connectivity index (χ3n) is 5.49. The van der Waals surface area contributed by atoms with Crippen LogP contribution in [0.5, 0.6) is 0 Å². The lowest BCUT2D eigenvalue weighted by atomic mass is 9.58. The summed E-state index contributed by atoms with van der Waals surface area (Å²) in [7, 11) is -3.36. The van der Waals surface area contributed by atoms with Gasteiger partial charge in [-0.3, -0.25) is 0 Å². The SMILES string of the molecule is Cc1cc2ncnc(N3CC4(CC(CS(N)(=O)=O)C4)C3)c2cc1C. The summed E-state index contributed by atoms with van der Waals surface area (Å²) in [4.78, 5) is 11.2. The van der Waals surface area contributed by atoms with Crippen LogP contribution in [0.15, 0.2) is 18.5 Å². The first-order valence-electron chi connectivity index (χ1n) is 8.22. The van der Waals surface area contributed by atoms with Crippen LogP contribution in [0.1, 0.15) is 24.0 Å². The minimum Gasteiger partial charge on any atom is -0.355 e. The predicted molar refractivity (Wildman–Crippen MR) is 94.4 cm³/mol. The summed E-state index contributed by atoms with van der Waals surface area (Å²) in [6.45, 7) is 6.07. The van der Waals surface area contributed by atoms with Crippen LogP contribution in [0, 0.1) is 25.2 Å². The number of aromatic nitrogens is 2. The first kappa shape index (κ1) is 15.8. The minimum absolute atomic E-state index is 0.115. The largest absolute Gasteiger partial charge is 0.355 e. The van der Waals surface area contributed by atoms with E-state index in [1.54, 1.807) is 6.33 Å². The van der Waals surface area contributed by atoms with Crippen LogP contribution in [-0.4, -0.2) is 37.2 Å². The van der Waals surface area contributed by atoms with E-state index in [-0.39, 0.29) is 17.1 Å². The Morgan fingerprint density at radius 2 is 1.88 bits per heavy atom. The molecular formula is C17H22N4O2S. The Morgan fingerprint density at radius 1 is 1.21 bits per heavy atom. The van der Waals surface area contributed by atoms with E-state index in [2.05, 4.69) is 40.8 Å². The lowest BCUT2D eigenvalue weighted by molar-refractivity contribution is 0.0350. The molecule has 2 N–H and O–H groups in total. The summed E-state index contributed by atoms with van der Waals surface area (Å²) in [6.07, 6.45) is 3.52. The molecule has 24 heavy (non-hydrogen) atoms. The molecule has 2 aliphatic rings. The van der Waals surface area contributed by atoms with Gasteiger partial charge < -0.3 is 4.90 Å². The number of nitrogens with zero attached hydrogens (tertiary/aromatic N) is 3. The fourth-order valence-corrected chi connectivity index (χ4v) is 5.23. The molecule has 0 bridgehead atoms. The number of benzene rings is 1. The number of primary sulfonamides is 1. The van der Waals surface area contributed by atoms with Gasteiger partial charge in [-0.2, -0.15) is 0 Å². The first-order valence-corrected chi connectivity index (χ1v) is 9.94. The maximum Gasteiger partial charge on any atom is 0.209 e. The van der Waals surface area contributed by atoms with Gasteiger partial charge in [-0.15, -0.1) is 0 Å². The fourth-order valence-electron chi connectivity index (χ4n) is 4.34. The van der Waals surface area contributed by atoms with Crippen molar-refractivity contribution in [3.63, 3.8) is 0 Å². The quantitative estimate of drug-likeness (QED) is 0.914. The van der Waals surface area contributed by atoms with Crippen molar-refractivity contribution >= 4 is 26.7 Å². The number of rotatable bonds is 3. The standard InChI is InChI=1S/C17H22N4O2S/c1-11-3-14-15(4-12(11)2)19-10-20-16(14)21-8-17(9-21)5-13(6-17)7-24(18,22)23/h3-4,10,13H,5-9H2,1-2H3,(H2,18,22,23). The van der Waals surface area contributed by atoms with Gasteiger partial charge in [-0.1, -0.05) is 0 Å². The third-order valence-corrected chi connectivity index (χ3v) is 6.43. The lowest BCUT2D eigenvalue weighted by Gasteiger charge is -2.59. The van der Waals surface area contributed by atoms with Crippen LogP contribution in [0.2, 0.25) is 0 Å². The van der Waals surface area contributed by atoms with Crippen molar-refractivity contribution in [2.75, 3.05) is 23.7 Å². The third kappa shape index (κ3) is 2.65. The number of anilines is 1. The lowest BCUT2D eigenvalue weighted by Crippen LogP contribution is -2.63. The monoisotopic (exact) mass is 346 g/mol. The molecule has 1 saturated carbocycles. The molecule has 1 saturated heterocycles. The maximum atomic E-state index is 11.2.